The van der Waals surface area contributed by atoms with Crippen molar-refractivity contribution in [2.75, 3.05) is 11.9 Å². The molecule has 1 N–H and O–H groups in total. The molecule has 0 fully saturated rings. The summed E-state index contributed by atoms with van der Waals surface area (Å²) in [6.07, 6.45) is 1.78. The van der Waals surface area contributed by atoms with Gasteiger partial charge in [0.05, 0.1) is 6.61 Å². The number of benzene rings is 2. The number of amides is 1. The lowest BCUT2D eigenvalue weighted by Gasteiger charge is -2.10. The van der Waals surface area contributed by atoms with Gasteiger partial charge in [0.15, 0.2) is 0 Å². The summed E-state index contributed by atoms with van der Waals surface area (Å²) in [6.45, 7) is 4.32. The number of nitrogens with one attached hydrogen (secondary N) is 1. The number of carbonyl (C=O) groups excluding carboxylic acids is 2. The number of Topliss-reactive ketones (excluding diaryl/α,β-unsaturated/α-hetero) is 1. The smallest absolute Gasteiger partial charge is 0.298 e. The summed E-state index contributed by atoms with van der Waals surface area (Å²) in [7, 11) is 0. The summed E-state index contributed by atoms with van der Waals surface area (Å²) in [5, 5.41) is 3.28. The molecule has 0 saturated carbocycles. The third kappa shape index (κ3) is 4.18. The molecule has 0 unspecified atom stereocenters. The van der Waals surface area contributed by atoms with E-state index in [0.717, 1.165) is 22.4 Å². The van der Waals surface area contributed by atoms with E-state index in [9.17, 15) is 9.59 Å². The van der Waals surface area contributed by atoms with Crippen LogP contribution < -0.4 is 10.1 Å². The average molecular weight is 433 g/mol. The zero-order valence-electron chi connectivity index (χ0n) is 17.2. The first-order valence-corrected chi connectivity index (χ1v) is 10.3. The Labute approximate surface area is 185 Å². The third-order valence-corrected chi connectivity index (χ3v) is 5.25. The first-order valence-electron chi connectivity index (χ1n) is 9.93. The van der Waals surface area contributed by atoms with Gasteiger partial charge in [0.2, 0.25) is 0 Å². The summed E-state index contributed by atoms with van der Waals surface area (Å²) < 4.78 is 7.25. The van der Waals surface area contributed by atoms with Gasteiger partial charge in [-0.15, -0.1) is 0 Å². The number of aryl methyl sites for hydroxylation is 1. The van der Waals surface area contributed by atoms with E-state index in [-0.39, 0.29) is 0 Å². The fraction of sp³-hybridized carbons (Fsp3) is 0.120. The summed E-state index contributed by atoms with van der Waals surface area (Å²) in [6, 6.07) is 20.1. The van der Waals surface area contributed by atoms with Crippen LogP contribution in [0.15, 0.2) is 72.9 Å². The summed E-state index contributed by atoms with van der Waals surface area (Å²) in [5.74, 6) is -0.579. The van der Waals surface area contributed by atoms with Gasteiger partial charge in [0.1, 0.15) is 11.4 Å². The number of ketones is 1. The van der Waals surface area contributed by atoms with Crippen molar-refractivity contribution in [1.29, 1.82) is 0 Å². The van der Waals surface area contributed by atoms with Crippen molar-refractivity contribution in [3.05, 3.63) is 89.2 Å². The van der Waals surface area contributed by atoms with Gasteiger partial charge in [0.25, 0.3) is 11.7 Å². The van der Waals surface area contributed by atoms with E-state index >= 15 is 0 Å². The maximum atomic E-state index is 13.3. The van der Waals surface area contributed by atoms with Crippen molar-refractivity contribution >= 4 is 34.5 Å². The van der Waals surface area contributed by atoms with Gasteiger partial charge in [-0.3, -0.25) is 9.59 Å². The molecule has 0 saturated heterocycles. The van der Waals surface area contributed by atoms with Crippen molar-refractivity contribution < 1.29 is 14.3 Å². The number of rotatable bonds is 6. The van der Waals surface area contributed by atoms with Gasteiger partial charge >= 0.3 is 0 Å². The number of halogens is 1. The topological polar surface area (TPSA) is 59.8 Å². The molecule has 31 heavy (non-hydrogen) atoms. The van der Waals surface area contributed by atoms with E-state index in [4.69, 9.17) is 16.3 Å². The van der Waals surface area contributed by atoms with E-state index in [0.29, 0.717) is 28.6 Å². The highest BCUT2D eigenvalue weighted by Gasteiger charge is 2.25. The van der Waals surface area contributed by atoms with Crippen LogP contribution in [0.5, 0.6) is 5.75 Å². The lowest BCUT2D eigenvalue weighted by molar-refractivity contribution is -0.112. The predicted molar refractivity (Wildman–Crippen MR) is 123 cm³/mol. The molecule has 0 radical (unpaired) electrons. The van der Waals surface area contributed by atoms with Gasteiger partial charge < -0.3 is 14.5 Å². The van der Waals surface area contributed by atoms with Gasteiger partial charge in [-0.2, -0.15) is 0 Å². The number of carbonyl (C=O) groups is 2. The molecule has 0 bridgehead atoms. The zero-order chi connectivity index (χ0) is 22.0. The fourth-order valence-corrected chi connectivity index (χ4v) is 3.75. The van der Waals surface area contributed by atoms with Gasteiger partial charge in [-0.05, 0) is 73.5 Å². The Morgan fingerprint density at radius 3 is 2.52 bits per heavy atom. The maximum Gasteiger partial charge on any atom is 0.298 e. The highest BCUT2D eigenvalue weighted by Crippen LogP contribution is 2.30. The van der Waals surface area contributed by atoms with Crippen molar-refractivity contribution in [1.82, 2.24) is 4.40 Å². The quantitative estimate of drug-likeness (QED) is 0.310. The first-order chi connectivity index (χ1) is 15.0. The summed E-state index contributed by atoms with van der Waals surface area (Å²) >= 11 is 5.99. The molecule has 4 rings (SSSR count). The van der Waals surface area contributed by atoms with Crippen LogP contribution in [0.1, 0.15) is 23.0 Å². The van der Waals surface area contributed by atoms with E-state index in [2.05, 4.69) is 5.32 Å². The average Bonchev–Trinajstić information content (AvgIpc) is 3.15. The van der Waals surface area contributed by atoms with E-state index in [1.807, 2.05) is 62.4 Å². The molecular weight excluding hydrogens is 412 g/mol. The van der Waals surface area contributed by atoms with Crippen LogP contribution in [0, 0.1) is 6.92 Å². The van der Waals surface area contributed by atoms with Gasteiger partial charge in [-0.25, -0.2) is 0 Å². The van der Waals surface area contributed by atoms with Crippen LogP contribution in [0.3, 0.4) is 0 Å². The summed E-state index contributed by atoms with van der Waals surface area (Å²) in [4.78, 5) is 26.2. The fourth-order valence-electron chi connectivity index (χ4n) is 3.53. The SMILES string of the molecule is CCOc1ccc(-c2cc3ccccn3c2C(=O)C(=O)Nc2ccc(Cl)cc2C)cc1. The molecule has 2 aromatic heterocycles. The monoisotopic (exact) mass is 432 g/mol. The van der Waals surface area contributed by atoms with Crippen LogP contribution in [-0.2, 0) is 4.79 Å². The molecule has 4 aromatic rings. The van der Waals surface area contributed by atoms with E-state index in [1.54, 1.807) is 28.8 Å². The molecule has 2 heterocycles. The Hall–Kier alpha value is -3.57. The lowest BCUT2D eigenvalue weighted by atomic mass is 10.0. The van der Waals surface area contributed by atoms with Gasteiger partial charge in [-0.1, -0.05) is 29.8 Å². The molecule has 6 heteroatoms. The Kier molecular flexibility index (Phi) is 5.78. The number of fused-ring (bicyclic) bond motifs is 1. The van der Waals surface area contributed by atoms with Gasteiger partial charge in [0, 0.05) is 28.0 Å². The van der Waals surface area contributed by atoms with Crippen molar-refractivity contribution in [2.24, 2.45) is 0 Å². The molecule has 0 spiro atoms. The Balaban J connectivity index is 1.74. The minimum absolute atomic E-state index is 0.309. The maximum absolute atomic E-state index is 13.3. The van der Waals surface area contributed by atoms with E-state index in [1.165, 1.54) is 0 Å². The molecule has 0 aliphatic carbocycles. The molecular formula is C25H21ClN2O3. The second kappa shape index (κ2) is 8.66. The van der Waals surface area contributed by atoms with Crippen molar-refractivity contribution in [3.63, 3.8) is 0 Å². The molecule has 0 aliphatic rings. The van der Waals surface area contributed by atoms with Crippen molar-refractivity contribution in [2.45, 2.75) is 13.8 Å². The predicted octanol–water partition coefficient (Wildman–Crippen LogP) is 5.79. The van der Waals surface area contributed by atoms with Crippen LogP contribution in [0.4, 0.5) is 5.69 Å². The van der Waals surface area contributed by atoms with Crippen LogP contribution in [0.2, 0.25) is 5.02 Å². The molecule has 2 aromatic carbocycles. The van der Waals surface area contributed by atoms with E-state index < -0.39 is 11.7 Å². The molecule has 0 atom stereocenters. The number of anilines is 1. The molecule has 1 amide bonds. The second-order valence-electron chi connectivity index (χ2n) is 7.10. The highest BCUT2D eigenvalue weighted by atomic mass is 35.5. The third-order valence-electron chi connectivity index (χ3n) is 5.01. The standard InChI is InChI=1S/C25H21ClN2O3/c1-3-31-20-10-7-17(8-11-20)21-15-19-6-4-5-13-28(19)23(21)24(29)25(30)27-22-12-9-18(26)14-16(22)2/h4-15H,3H2,1-2H3,(H,27,30). The second-order valence-corrected chi connectivity index (χ2v) is 7.54. The Bertz CT molecular complexity index is 1280. The van der Waals surface area contributed by atoms with Crippen molar-refractivity contribution in [3.8, 4) is 16.9 Å². The lowest BCUT2D eigenvalue weighted by Crippen LogP contribution is -2.25. The molecule has 156 valence electrons. The number of hydrogen-bond donors (Lipinski definition) is 1. The number of aromatic nitrogens is 1. The number of nitrogens with zero attached hydrogens (tertiary/aromatic N) is 1. The summed E-state index contributed by atoms with van der Waals surface area (Å²) in [5.41, 5.74) is 3.97. The minimum Gasteiger partial charge on any atom is -0.494 e. The Morgan fingerprint density at radius 2 is 1.81 bits per heavy atom. The molecule has 0 aliphatic heterocycles. The van der Waals surface area contributed by atoms with Crippen LogP contribution in [0.25, 0.3) is 16.6 Å². The number of ether oxygens (including phenoxy) is 1. The van der Waals surface area contributed by atoms with Crippen LogP contribution >= 0.6 is 11.6 Å². The minimum atomic E-state index is -0.707. The number of pyridine rings is 1. The molecule has 5 nitrogen and oxygen atoms in total. The largest absolute Gasteiger partial charge is 0.494 e. The normalized spacial score (nSPS) is 10.8. The Morgan fingerprint density at radius 1 is 1.03 bits per heavy atom. The first kappa shape index (κ1) is 20.7. The highest BCUT2D eigenvalue weighted by molar-refractivity contribution is 6.47. The number of hydrogen-bond acceptors (Lipinski definition) is 3. The van der Waals surface area contributed by atoms with Crippen LogP contribution in [-0.4, -0.2) is 22.7 Å². The zero-order valence-corrected chi connectivity index (χ0v) is 17.9.